The van der Waals surface area contributed by atoms with Gasteiger partial charge in [-0.3, -0.25) is 4.79 Å². The summed E-state index contributed by atoms with van der Waals surface area (Å²) in [4.78, 5) is 24.9. The number of nitrogens with one attached hydrogen (secondary N) is 1. The minimum Gasteiger partial charge on any atom is -0.468 e. The van der Waals surface area contributed by atoms with Gasteiger partial charge >= 0.3 is 12.0 Å². The quantitative estimate of drug-likeness (QED) is 0.774. The van der Waals surface area contributed by atoms with Gasteiger partial charge in [0.2, 0.25) is 0 Å². The fraction of sp³-hybridized carbons (Fsp3) is 0.556. The highest BCUT2D eigenvalue weighted by molar-refractivity contribution is 5.80. The van der Waals surface area contributed by atoms with Crippen molar-refractivity contribution in [1.82, 2.24) is 10.2 Å². The summed E-state index contributed by atoms with van der Waals surface area (Å²) in [6.45, 7) is 1.87. The average Bonchev–Trinajstić information content (AvgIpc) is 2.65. The summed E-state index contributed by atoms with van der Waals surface area (Å²) in [5.74, 6) is -0.445. The molecule has 2 amide bonds. The van der Waals surface area contributed by atoms with Crippen LogP contribution in [0.2, 0.25) is 0 Å². The SMILES string of the molecule is COC(=O)CNC(=O)N1CCC(CN)(CCc2ccccc2)CC1. The van der Waals surface area contributed by atoms with Gasteiger partial charge in [0.05, 0.1) is 7.11 Å². The molecule has 1 fully saturated rings. The van der Waals surface area contributed by atoms with E-state index in [2.05, 4.69) is 34.3 Å². The molecule has 0 unspecified atom stereocenters. The molecule has 6 heteroatoms. The number of carbonyl (C=O) groups is 2. The van der Waals surface area contributed by atoms with Crippen LogP contribution in [-0.4, -0.2) is 50.2 Å². The molecule has 0 aromatic heterocycles. The van der Waals surface area contributed by atoms with Gasteiger partial charge < -0.3 is 20.7 Å². The first-order valence-corrected chi connectivity index (χ1v) is 8.42. The second kappa shape index (κ2) is 8.68. The van der Waals surface area contributed by atoms with Gasteiger partial charge in [0.25, 0.3) is 0 Å². The Balaban J connectivity index is 1.82. The maximum absolute atomic E-state index is 12.1. The van der Waals surface area contributed by atoms with Crippen LogP contribution in [0.25, 0.3) is 0 Å². The number of piperidine rings is 1. The first kappa shape index (κ1) is 18.3. The Hall–Kier alpha value is -2.08. The summed E-state index contributed by atoms with van der Waals surface area (Å²) in [5.41, 5.74) is 7.48. The molecule has 0 radical (unpaired) electrons. The van der Waals surface area contributed by atoms with Crippen LogP contribution in [-0.2, 0) is 16.0 Å². The lowest BCUT2D eigenvalue weighted by Crippen LogP contribution is -2.50. The van der Waals surface area contributed by atoms with Crippen LogP contribution in [0.5, 0.6) is 0 Å². The number of nitrogens with two attached hydrogens (primary N) is 1. The third kappa shape index (κ3) is 4.96. The number of likely N-dealkylation sites (tertiary alicyclic amines) is 1. The number of carbonyl (C=O) groups excluding carboxylic acids is 2. The van der Waals surface area contributed by atoms with Gasteiger partial charge in [0.1, 0.15) is 6.54 Å². The van der Waals surface area contributed by atoms with E-state index < -0.39 is 5.97 Å². The molecule has 0 atom stereocenters. The van der Waals surface area contributed by atoms with Crippen molar-refractivity contribution in [3.05, 3.63) is 35.9 Å². The molecule has 1 aromatic rings. The Kier molecular flexibility index (Phi) is 6.61. The third-order valence-corrected chi connectivity index (χ3v) is 4.94. The fourth-order valence-corrected chi connectivity index (χ4v) is 3.13. The molecule has 1 saturated heterocycles. The van der Waals surface area contributed by atoms with E-state index in [-0.39, 0.29) is 18.0 Å². The van der Waals surface area contributed by atoms with Crippen molar-refractivity contribution in [3.8, 4) is 0 Å². The fourth-order valence-electron chi connectivity index (χ4n) is 3.13. The number of hydrogen-bond donors (Lipinski definition) is 2. The second-order valence-corrected chi connectivity index (χ2v) is 6.41. The van der Waals surface area contributed by atoms with Crippen molar-refractivity contribution in [2.75, 3.05) is 33.3 Å². The topological polar surface area (TPSA) is 84.7 Å². The molecule has 0 spiro atoms. The average molecular weight is 333 g/mol. The van der Waals surface area contributed by atoms with E-state index >= 15 is 0 Å². The molecule has 1 aliphatic rings. The number of aryl methyl sites for hydroxylation is 1. The van der Waals surface area contributed by atoms with Gasteiger partial charge in [-0.2, -0.15) is 0 Å². The summed E-state index contributed by atoms with van der Waals surface area (Å²) in [5, 5.41) is 2.59. The lowest BCUT2D eigenvalue weighted by molar-refractivity contribution is -0.139. The van der Waals surface area contributed by atoms with Gasteiger partial charge in [-0.05, 0) is 43.2 Å². The Morgan fingerprint density at radius 1 is 1.25 bits per heavy atom. The lowest BCUT2D eigenvalue weighted by Gasteiger charge is -2.41. The number of amides is 2. The van der Waals surface area contributed by atoms with Gasteiger partial charge in [0.15, 0.2) is 0 Å². The van der Waals surface area contributed by atoms with Crippen LogP contribution in [0.15, 0.2) is 30.3 Å². The van der Waals surface area contributed by atoms with Crippen LogP contribution < -0.4 is 11.1 Å². The predicted octanol–water partition coefficient (Wildman–Crippen LogP) is 1.54. The number of benzene rings is 1. The number of ether oxygens (including phenoxy) is 1. The molecule has 1 aromatic carbocycles. The zero-order chi connectivity index (χ0) is 17.4. The van der Waals surface area contributed by atoms with Crippen molar-refractivity contribution in [2.24, 2.45) is 11.1 Å². The number of hydrogen-bond acceptors (Lipinski definition) is 4. The molecule has 0 aliphatic carbocycles. The van der Waals surface area contributed by atoms with Crippen LogP contribution in [0.4, 0.5) is 4.79 Å². The van der Waals surface area contributed by atoms with E-state index in [0.717, 1.165) is 25.7 Å². The first-order chi connectivity index (χ1) is 11.6. The van der Waals surface area contributed by atoms with Crippen LogP contribution in [0.3, 0.4) is 0 Å². The standard InChI is InChI=1S/C18H27N3O3/c1-24-16(22)13-20-17(23)21-11-9-18(14-19,10-12-21)8-7-15-5-3-2-4-6-15/h2-6H,7-14,19H2,1H3,(H,20,23). The number of rotatable bonds is 6. The van der Waals surface area contributed by atoms with Crippen LogP contribution in [0.1, 0.15) is 24.8 Å². The zero-order valence-corrected chi connectivity index (χ0v) is 14.3. The second-order valence-electron chi connectivity index (χ2n) is 6.41. The van der Waals surface area contributed by atoms with E-state index in [1.165, 1.54) is 12.7 Å². The molecular weight excluding hydrogens is 306 g/mol. The van der Waals surface area contributed by atoms with Gasteiger partial charge in [-0.25, -0.2) is 4.79 Å². The Bertz CT molecular complexity index is 540. The van der Waals surface area contributed by atoms with Crippen molar-refractivity contribution in [3.63, 3.8) is 0 Å². The Morgan fingerprint density at radius 2 is 1.92 bits per heavy atom. The Labute approximate surface area is 143 Å². The number of urea groups is 1. The van der Waals surface area contributed by atoms with Crippen molar-refractivity contribution < 1.29 is 14.3 Å². The normalized spacial score (nSPS) is 16.5. The van der Waals surface area contributed by atoms with E-state index in [1.807, 2.05) is 6.07 Å². The summed E-state index contributed by atoms with van der Waals surface area (Å²) in [7, 11) is 1.30. The minimum absolute atomic E-state index is 0.0922. The van der Waals surface area contributed by atoms with E-state index in [0.29, 0.717) is 19.6 Å². The molecule has 0 saturated carbocycles. The highest BCUT2D eigenvalue weighted by Crippen LogP contribution is 2.35. The maximum Gasteiger partial charge on any atom is 0.325 e. The number of esters is 1. The summed E-state index contributed by atoms with van der Waals surface area (Å²) in [6, 6.07) is 10.2. The maximum atomic E-state index is 12.1. The molecule has 132 valence electrons. The molecule has 6 nitrogen and oxygen atoms in total. The monoisotopic (exact) mass is 333 g/mol. The smallest absolute Gasteiger partial charge is 0.325 e. The summed E-state index contributed by atoms with van der Waals surface area (Å²) < 4.78 is 4.52. The highest BCUT2D eigenvalue weighted by Gasteiger charge is 2.34. The van der Waals surface area contributed by atoms with Crippen molar-refractivity contribution in [1.29, 1.82) is 0 Å². The molecule has 1 aliphatic heterocycles. The predicted molar refractivity (Wildman–Crippen MR) is 92.5 cm³/mol. The first-order valence-electron chi connectivity index (χ1n) is 8.42. The van der Waals surface area contributed by atoms with Gasteiger partial charge in [0, 0.05) is 13.1 Å². The molecule has 1 heterocycles. The summed E-state index contributed by atoms with van der Waals surface area (Å²) >= 11 is 0. The van der Waals surface area contributed by atoms with Gasteiger partial charge in [-0.1, -0.05) is 30.3 Å². The zero-order valence-electron chi connectivity index (χ0n) is 14.3. The molecule has 2 rings (SSSR count). The van der Waals surface area contributed by atoms with Crippen LogP contribution in [0, 0.1) is 5.41 Å². The summed E-state index contributed by atoms with van der Waals surface area (Å²) in [6.07, 6.45) is 3.82. The van der Waals surface area contributed by atoms with Gasteiger partial charge in [-0.15, -0.1) is 0 Å². The van der Waals surface area contributed by atoms with Crippen molar-refractivity contribution in [2.45, 2.75) is 25.7 Å². The molecule has 3 N–H and O–H groups in total. The van der Waals surface area contributed by atoms with E-state index in [9.17, 15) is 9.59 Å². The number of nitrogens with zero attached hydrogens (tertiary/aromatic N) is 1. The third-order valence-electron chi connectivity index (χ3n) is 4.94. The molecule has 24 heavy (non-hydrogen) atoms. The molecular formula is C18H27N3O3. The number of methoxy groups -OCH3 is 1. The van der Waals surface area contributed by atoms with Crippen molar-refractivity contribution >= 4 is 12.0 Å². The Morgan fingerprint density at radius 3 is 2.50 bits per heavy atom. The van der Waals surface area contributed by atoms with E-state index in [1.54, 1.807) is 4.90 Å². The molecule has 0 bridgehead atoms. The van der Waals surface area contributed by atoms with Crippen LogP contribution >= 0.6 is 0 Å². The largest absolute Gasteiger partial charge is 0.468 e. The lowest BCUT2D eigenvalue weighted by atomic mass is 9.74. The minimum atomic E-state index is -0.445. The van der Waals surface area contributed by atoms with E-state index in [4.69, 9.17) is 5.73 Å². The highest BCUT2D eigenvalue weighted by atomic mass is 16.5.